The van der Waals surface area contributed by atoms with E-state index in [9.17, 15) is 0 Å². The Morgan fingerprint density at radius 2 is 2.13 bits per heavy atom. The van der Waals surface area contributed by atoms with Gasteiger partial charge < -0.3 is 0 Å². The number of hydrogen-bond donors (Lipinski definition) is 0. The van der Waals surface area contributed by atoms with Gasteiger partial charge in [0.25, 0.3) is 0 Å². The molecule has 0 heterocycles. The van der Waals surface area contributed by atoms with Gasteiger partial charge >= 0.3 is 0 Å². The van der Waals surface area contributed by atoms with Gasteiger partial charge in [0.15, 0.2) is 0 Å². The summed E-state index contributed by atoms with van der Waals surface area (Å²) in [6, 6.07) is 0. The van der Waals surface area contributed by atoms with Crippen molar-refractivity contribution in [1.82, 2.24) is 0 Å². The standard InChI is InChI=1S/C15H18/c1-10(2)7-13-9-14-8-11(3)5-6-15(14)12(13)4/h7-8H,1,4-6,9H2,2-3H3/b13-7-. The maximum Gasteiger partial charge on any atom is -0.00169 e. The maximum absolute atomic E-state index is 4.20. The van der Waals surface area contributed by atoms with Crippen LogP contribution in [0.5, 0.6) is 0 Å². The molecule has 2 aliphatic carbocycles. The highest BCUT2D eigenvalue weighted by Gasteiger charge is 2.23. The highest BCUT2D eigenvalue weighted by atomic mass is 14.3. The first-order valence-corrected chi connectivity index (χ1v) is 5.53. The monoisotopic (exact) mass is 198 g/mol. The maximum atomic E-state index is 4.20. The van der Waals surface area contributed by atoms with Crippen molar-refractivity contribution in [1.29, 1.82) is 0 Å². The summed E-state index contributed by atoms with van der Waals surface area (Å²) in [5.41, 5.74) is 8.18. The number of rotatable bonds is 1. The van der Waals surface area contributed by atoms with E-state index in [1.165, 1.54) is 40.7 Å². The van der Waals surface area contributed by atoms with Crippen LogP contribution >= 0.6 is 0 Å². The second-order valence-electron chi connectivity index (χ2n) is 4.67. The average Bonchev–Trinajstić information content (AvgIpc) is 2.42. The lowest BCUT2D eigenvalue weighted by Gasteiger charge is -2.12. The van der Waals surface area contributed by atoms with Gasteiger partial charge in [0, 0.05) is 0 Å². The molecule has 0 atom stereocenters. The molecule has 0 radical (unpaired) electrons. The minimum atomic E-state index is 1.05. The van der Waals surface area contributed by atoms with Crippen LogP contribution in [0.3, 0.4) is 0 Å². The van der Waals surface area contributed by atoms with Gasteiger partial charge in [-0.1, -0.05) is 36.5 Å². The van der Waals surface area contributed by atoms with Gasteiger partial charge in [0.05, 0.1) is 0 Å². The molecule has 2 aliphatic rings. The smallest absolute Gasteiger partial charge is 0.00169 e. The Hall–Kier alpha value is -1.30. The fraction of sp³-hybridized carbons (Fsp3) is 0.333. The molecule has 2 rings (SSSR count). The highest BCUT2D eigenvalue weighted by Crippen LogP contribution is 2.42. The van der Waals surface area contributed by atoms with Gasteiger partial charge in [-0.15, -0.1) is 0 Å². The Kier molecular flexibility index (Phi) is 2.52. The Morgan fingerprint density at radius 3 is 2.80 bits per heavy atom. The van der Waals surface area contributed by atoms with E-state index in [-0.39, 0.29) is 0 Å². The van der Waals surface area contributed by atoms with Crippen molar-refractivity contribution in [3.8, 4) is 0 Å². The molecule has 0 heteroatoms. The van der Waals surface area contributed by atoms with E-state index < -0.39 is 0 Å². The van der Waals surface area contributed by atoms with Crippen molar-refractivity contribution in [2.75, 3.05) is 0 Å². The molecule has 15 heavy (non-hydrogen) atoms. The predicted molar refractivity (Wildman–Crippen MR) is 66.7 cm³/mol. The summed E-state index contributed by atoms with van der Waals surface area (Å²) in [6.07, 6.45) is 7.92. The molecule has 0 aliphatic heterocycles. The van der Waals surface area contributed by atoms with Crippen LogP contribution in [0, 0.1) is 0 Å². The van der Waals surface area contributed by atoms with E-state index in [0.29, 0.717) is 0 Å². The molecule has 0 saturated heterocycles. The Balaban J connectivity index is 2.33. The van der Waals surface area contributed by atoms with Gasteiger partial charge in [-0.3, -0.25) is 0 Å². The zero-order chi connectivity index (χ0) is 11.0. The van der Waals surface area contributed by atoms with E-state index in [1.54, 1.807) is 0 Å². The Labute approximate surface area is 92.4 Å². The van der Waals surface area contributed by atoms with Crippen LogP contribution < -0.4 is 0 Å². The van der Waals surface area contributed by atoms with Crippen molar-refractivity contribution < 1.29 is 0 Å². The van der Waals surface area contributed by atoms with E-state index in [4.69, 9.17) is 0 Å². The Bertz CT molecular complexity index is 425. The molecule has 78 valence electrons. The summed E-state index contributed by atoms with van der Waals surface area (Å²) in [6.45, 7) is 12.4. The molecular weight excluding hydrogens is 180 g/mol. The fourth-order valence-electron chi connectivity index (χ4n) is 2.38. The van der Waals surface area contributed by atoms with Crippen molar-refractivity contribution in [3.63, 3.8) is 0 Å². The van der Waals surface area contributed by atoms with Gasteiger partial charge in [-0.25, -0.2) is 0 Å². The normalized spacial score (nSPS) is 23.2. The average molecular weight is 198 g/mol. The molecule has 0 bridgehead atoms. The first-order chi connectivity index (χ1) is 7.08. The molecule has 0 amide bonds. The zero-order valence-corrected chi connectivity index (χ0v) is 9.69. The largest absolute Gasteiger partial charge is 0.0961 e. The first kappa shape index (κ1) is 10.2. The van der Waals surface area contributed by atoms with Crippen LogP contribution in [0.4, 0.5) is 0 Å². The van der Waals surface area contributed by atoms with E-state index in [2.05, 4.69) is 32.2 Å². The van der Waals surface area contributed by atoms with Gasteiger partial charge in [-0.05, 0) is 55.4 Å². The van der Waals surface area contributed by atoms with E-state index in [1.807, 2.05) is 6.92 Å². The van der Waals surface area contributed by atoms with Crippen LogP contribution in [0.2, 0.25) is 0 Å². The molecule has 0 aromatic rings. The Morgan fingerprint density at radius 1 is 1.40 bits per heavy atom. The lowest BCUT2D eigenvalue weighted by molar-refractivity contribution is 0.910. The topological polar surface area (TPSA) is 0 Å². The SMILES string of the molecule is C=C(C)/C=C1/CC2=C(CCC(C)=C2)C1=C. The minimum absolute atomic E-state index is 1.05. The van der Waals surface area contributed by atoms with E-state index in [0.717, 1.165) is 12.0 Å². The summed E-state index contributed by atoms with van der Waals surface area (Å²) < 4.78 is 0. The molecular formula is C15H18. The summed E-state index contributed by atoms with van der Waals surface area (Å²) in [4.78, 5) is 0. The molecule has 0 N–H and O–H groups in total. The first-order valence-electron chi connectivity index (χ1n) is 5.53. The van der Waals surface area contributed by atoms with Crippen molar-refractivity contribution in [2.24, 2.45) is 0 Å². The summed E-state index contributed by atoms with van der Waals surface area (Å²) in [5, 5.41) is 0. The second-order valence-corrected chi connectivity index (χ2v) is 4.67. The van der Waals surface area contributed by atoms with Gasteiger partial charge in [0.1, 0.15) is 0 Å². The molecule has 0 saturated carbocycles. The number of hydrogen-bond acceptors (Lipinski definition) is 0. The minimum Gasteiger partial charge on any atom is -0.0961 e. The van der Waals surface area contributed by atoms with Gasteiger partial charge in [-0.2, -0.15) is 0 Å². The summed E-state index contributed by atoms with van der Waals surface area (Å²) in [7, 11) is 0. The third-order valence-corrected chi connectivity index (χ3v) is 3.13. The second kappa shape index (κ2) is 3.69. The highest BCUT2D eigenvalue weighted by molar-refractivity contribution is 5.61. The van der Waals surface area contributed by atoms with Crippen molar-refractivity contribution >= 4 is 0 Å². The molecule has 0 fully saturated rings. The van der Waals surface area contributed by atoms with Crippen LogP contribution in [0.15, 0.2) is 58.7 Å². The van der Waals surface area contributed by atoms with Crippen LogP contribution in [0.1, 0.15) is 33.1 Å². The third kappa shape index (κ3) is 1.90. The quantitative estimate of drug-likeness (QED) is 0.582. The predicted octanol–water partition coefficient (Wildman–Crippen LogP) is 4.49. The molecule has 0 aromatic carbocycles. The zero-order valence-electron chi connectivity index (χ0n) is 9.69. The van der Waals surface area contributed by atoms with Gasteiger partial charge in [0.2, 0.25) is 0 Å². The summed E-state index contributed by atoms with van der Waals surface area (Å²) >= 11 is 0. The van der Waals surface area contributed by atoms with Crippen LogP contribution in [-0.2, 0) is 0 Å². The molecule has 0 spiro atoms. The lowest BCUT2D eigenvalue weighted by Crippen LogP contribution is -1.93. The lowest BCUT2D eigenvalue weighted by atomic mass is 9.93. The molecule has 0 aromatic heterocycles. The van der Waals surface area contributed by atoms with Crippen molar-refractivity contribution in [2.45, 2.75) is 33.1 Å². The molecule has 0 unspecified atom stereocenters. The van der Waals surface area contributed by atoms with Crippen LogP contribution in [0.25, 0.3) is 0 Å². The third-order valence-electron chi connectivity index (χ3n) is 3.13. The molecule has 0 nitrogen and oxygen atoms in total. The van der Waals surface area contributed by atoms with Crippen LogP contribution in [-0.4, -0.2) is 0 Å². The number of allylic oxidation sites excluding steroid dienone is 8. The fourth-order valence-corrected chi connectivity index (χ4v) is 2.38. The summed E-state index contributed by atoms with van der Waals surface area (Å²) in [5.74, 6) is 0. The van der Waals surface area contributed by atoms with Crippen molar-refractivity contribution in [3.05, 3.63) is 58.7 Å². The van der Waals surface area contributed by atoms with E-state index >= 15 is 0 Å².